The van der Waals surface area contributed by atoms with Gasteiger partial charge < -0.3 is 20.4 Å². The monoisotopic (exact) mass is 267 g/mol. The Bertz CT molecular complexity index is 510. The first-order chi connectivity index (χ1) is 8.86. The highest BCUT2D eigenvalue weighted by Gasteiger charge is 2.13. The van der Waals surface area contributed by atoms with Crippen LogP contribution in [-0.4, -0.2) is 29.7 Å². The molecule has 6 nitrogen and oxygen atoms in total. The maximum Gasteiger partial charge on any atom is 0.263 e. The minimum Gasteiger partial charge on any atom is -0.380 e. The number of ether oxygens (including phenoxy) is 1. The van der Waals surface area contributed by atoms with Gasteiger partial charge in [0.25, 0.3) is 11.5 Å². The standard InChI is InChI=1S/C13H21N3O3/c1-8(9(2)19-4)15-6-10-5-11(12(14)17)13(18)16(3)7-10/h5,7-9,15H,6H2,1-4H3,(H2,14,17)/t8-,9-/m0/s1. The van der Waals surface area contributed by atoms with Crippen molar-refractivity contribution in [3.05, 3.63) is 33.7 Å². The minimum absolute atomic E-state index is 0.00856. The quantitative estimate of drug-likeness (QED) is 0.759. The van der Waals surface area contributed by atoms with E-state index in [0.29, 0.717) is 6.54 Å². The number of rotatable bonds is 6. The van der Waals surface area contributed by atoms with Gasteiger partial charge >= 0.3 is 0 Å². The number of nitrogens with one attached hydrogen (secondary N) is 1. The van der Waals surface area contributed by atoms with Crippen LogP contribution < -0.4 is 16.6 Å². The van der Waals surface area contributed by atoms with Crippen LogP contribution in [-0.2, 0) is 18.3 Å². The molecule has 0 aromatic carbocycles. The molecule has 1 aromatic rings. The van der Waals surface area contributed by atoms with Crippen LogP contribution in [0.5, 0.6) is 0 Å². The number of carbonyl (C=O) groups is 1. The molecule has 0 aliphatic heterocycles. The highest BCUT2D eigenvalue weighted by atomic mass is 16.5. The Balaban J connectivity index is 2.86. The number of nitrogens with two attached hydrogens (primary N) is 1. The van der Waals surface area contributed by atoms with E-state index in [0.717, 1.165) is 5.56 Å². The smallest absolute Gasteiger partial charge is 0.263 e. The molecular formula is C13H21N3O3. The molecule has 1 amide bonds. The molecule has 0 saturated heterocycles. The summed E-state index contributed by atoms with van der Waals surface area (Å²) in [6.07, 6.45) is 1.76. The molecule has 0 aliphatic rings. The Kier molecular flexibility index (Phi) is 5.26. The van der Waals surface area contributed by atoms with Crippen molar-refractivity contribution in [1.82, 2.24) is 9.88 Å². The van der Waals surface area contributed by atoms with Crippen LogP contribution in [0.15, 0.2) is 17.1 Å². The first-order valence-electron chi connectivity index (χ1n) is 6.12. The summed E-state index contributed by atoms with van der Waals surface area (Å²) in [5.41, 5.74) is 5.64. The van der Waals surface area contributed by atoms with Crippen LogP contribution in [0.25, 0.3) is 0 Å². The van der Waals surface area contributed by atoms with Crippen molar-refractivity contribution >= 4 is 5.91 Å². The van der Waals surface area contributed by atoms with E-state index >= 15 is 0 Å². The van der Waals surface area contributed by atoms with Crippen LogP contribution >= 0.6 is 0 Å². The number of carbonyl (C=O) groups excluding carboxylic acids is 1. The van der Waals surface area contributed by atoms with Gasteiger partial charge in [-0.15, -0.1) is 0 Å². The van der Waals surface area contributed by atoms with E-state index in [1.54, 1.807) is 20.4 Å². The molecule has 19 heavy (non-hydrogen) atoms. The summed E-state index contributed by atoms with van der Waals surface area (Å²) in [6.45, 7) is 4.50. The van der Waals surface area contributed by atoms with Gasteiger partial charge in [-0.05, 0) is 25.5 Å². The topological polar surface area (TPSA) is 86.3 Å². The third-order valence-electron chi connectivity index (χ3n) is 3.21. The molecule has 106 valence electrons. The maximum atomic E-state index is 11.7. The van der Waals surface area contributed by atoms with Crippen molar-refractivity contribution < 1.29 is 9.53 Å². The second-order valence-corrected chi connectivity index (χ2v) is 4.65. The van der Waals surface area contributed by atoms with Gasteiger partial charge in [-0.1, -0.05) is 0 Å². The zero-order chi connectivity index (χ0) is 14.6. The Morgan fingerprint density at radius 1 is 1.53 bits per heavy atom. The molecule has 0 bridgehead atoms. The molecule has 3 N–H and O–H groups in total. The summed E-state index contributed by atoms with van der Waals surface area (Å²) >= 11 is 0. The molecule has 0 unspecified atom stereocenters. The number of aromatic nitrogens is 1. The van der Waals surface area contributed by atoms with Crippen molar-refractivity contribution in [2.75, 3.05) is 7.11 Å². The van der Waals surface area contributed by atoms with Crippen LogP contribution in [0.2, 0.25) is 0 Å². The molecule has 0 saturated carbocycles. The second-order valence-electron chi connectivity index (χ2n) is 4.65. The van der Waals surface area contributed by atoms with Crippen LogP contribution in [0.4, 0.5) is 0 Å². The van der Waals surface area contributed by atoms with Gasteiger partial charge in [0, 0.05) is 32.9 Å². The Morgan fingerprint density at radius 3 is 2.68 bits per heavy atom. The minimum atomic E-state index is -0.708. The molecular weight excluding hydrogens is 246 g/mol. The van der Waals surface area contributed by atoms with Crippen molar-refractivity contribution in [2.24, 2.45) is 12.8 Å². The van der Waals surface area contributed by atoms with E-state index in [4.69, 9.17) is 10.5 Å². The Morgan fingerprint density at radius 2 is 2.16 bits per heavy atom. The number of hydrogen-bond acceptors (Lipinski definition) is 4. The SMILES string of the molecule is CO[C@@H](C)[C@H](C)NCc1cc(C(N)=O)c(=O)n(C)c1. The van der Waals surface area contributed by atoms with Crippen molar-refractivity contribution in [3.8, 4) is 0 Å². The van der Waals surface area contributed by atoms with Gasteiger partial charge in [0.2, 0.25) is 0 Å². The van der Waals surface area contributed by atoms with E-state index in [1.807, 2.05) is 13.8 Å². The number of aryl methyl sites for hydroxylation is 1. The number of amides is 1. The maximum absolute atomic E-state index is 11.7. The van der Waals surface area contributed by atoms with Crippen LogP contribution in [0.1, 0.15) is 29.8 Å². The fourth-order valence-corrected chi connectivity index (χ4v) is 1.70. The Labute approximate surface area is 112 Å². The molecule has 1 heterocycles. The molecule has 6 heteroatoms. The summed E-state index contributed by atoms with van der Waals surface area (Å²) in [5.74, 6) is -0.708. The fraction of sp³-hybridized carbons (Fsp3) is 0.538. The lowest BCUT2D eigenvalue weighted by molar-refractivity contribution is 0.0881. The molecule has 1 aromatic heterocycles. The summed E-state index contributed by atoms with van der Waals surface area (Å²) in [4.78, 5) is 22.9. The summed E-state index contributed by atoms with van der Waals surface area (Å²) in [6, 6.07) is 1.68. The Hall–Kier alpha value is -1.66. The third kappa shape index (κ3) is 3.90. The van der Waals surface area contributed by atoms with Gasteiger partial charge in [0.05, 0.1) is 6.10 Å². The summed E-state index contributed by atoms with van der Waals surface area (Å²) in [5, 5.41) is 3.27. The number of hydrogen-bond donors (Lipinski definition) is 2. The fourth-order valence-electron chi connectivity index (χ4n) is 1.70. The third-order valence-corrected chi connectivity index (χ3v) is 3.21. The highest BCUT2D eigenvalue weighted by molar-refractivity contribution is 5.92. The highest BCUT2D eigenvalue weighted by Crippen LogP contribution is 2.02. The molecule has 1 rings (SSSR count). The number of pyridine rings is 1. The van der Waals surface area contributed by atoms with Crippen LogP contribution in [0, 0.1) is 0 Å². The van der Waals surface area contributed by atoms with Crippen molar-refractivity contribution in [1.29, 1.82) is 0 Å². The number of primary amides is 1. The predicted molar refractivity (Wildman–Crippen MR) is 73.0 cm³/mol. The van der Waals surface area contributed by atoms with Gasteiger partial charge in [0.15, 0.2) is 0 Å². The van der Waals surface area contributed by atoms with Crippen LogP contribution in [0.3, 0.4) is 0 Å². The second kappa shape index (κ2) is 6.49. The summed E-state index contributed by atoms with van der Waals surface area (Å²) < 4.78 is 6.58. The molecule has 0 spiro atoms. The first kappa shape index (κ1) is 15.4. The molecule has 0 radical (unpaired) electrons. The van der Waals surface area contributed by atoms with E-state index in [1.165, 1.54) is 10.6 Å². The normalized spacial score (nSPS) is 14.1. The van der Waals surface area contributed by atoms with Crippen molar-refractivity contribution in [2.45, 2.75) is 32.5 Å². The van der Waals surface area contributed by atoms with Gasteiger partial charge in [-0.3, -0.25) is 9.59 Å². The average Bonchev–Trinajstić information content (AvgIpc) is 2.38. The largest absolute Gasteiger partial charge is 0.380 e. The zero-order valence-electron chi connectivity index (χ0n) is 11.8. The van der Waals surface area contributed by atoms with E-state index in [9.17, 15) is 9.59 Å². The van der Waals surface area contributed by atoms with Gasteiger partial charge in [-0.2, -0.15) is 0 Å². The predicted octanol–water partition coefficient (Wildman–Crippen LogP) is -0.00280. The summed E-state index contributed by atoms with van der Waals surface area (Å²) in [7, 11) is 3.25. The number of nitrogens with zero attached hydrogens (tertiary/aromatic N) is 1. The van der Waals surface area contributed by atoms with Gasteiger partial charge in [0.1, 0.15) is 5.56 Å². The molecule has 0 aliphatic carbocycles. The zero-order valence-corrected chi connectivity index (χ0v) is 11.8. The lowest BCUT2D eigenvalue weighted by Gasteiger charge is -2.20. The van der Waals surface area contributed by atoms with E-state index in [2.05, 4.69) is 5.32 Å². The molecule has 2 atom stereocenters. The van der Waals surface area contributed by atoms with Crippen molar-refractivity contribution in [3.63, 3.8) is 0 Å². The van der Waals surface area contributed by atoms with Gasteiger partial charge in [-0.25, -0.2) is 0 Å². The van der Waals surface area contributed by atoms with E-state index < -0.39 is 5.91 Å². The number of methoxy groups -OCH3 is 1. The first-order valence-corrected chi connectivity index (χ1v) is 6.12. The molecule has 0 fully saturated rings. The lowest BCUT2D eigenvalue weighted by Crippen LogP contribution is -2.36. The lowest BCUT2D eigenvalue weighted by atomic mass is 10.1. The average molecular weight is 267 g/mol. The van der Waals surface area contributed by atoms with E-state index in [-0.39, 0.29) is 23.3 Å².